The molecule has 96 valence electrons. The van der Waals surface area contributed by atoms with Gasteiger partial charge in [0.1, 0.15) is 11.5 Å². The van der Waals surface area contributed by atoms with E-state index >= 15 is 0 Å². The van der Waals surface area contributed by atoms with Crippen LogP contribution in [0.15, 0.2) is 6.07 Å². The van der Waals surface area contributed by atoms with E-state index in [0.717, 1.165) is 0 Å². The predicted octanol–water partition coefficient (Wildman–Crippen LogP) is 4.82. The molecule has 5 heteroatoms. The lowest BCUT2D eigenvalue weighted by molar-refractivity contribution is 0.0858. The van der Waals surface area contributed by atoms with Gasteiger partial charge < -0.3 is 9.47 Å². The smallest absolute Gasteiger partial charge is 0.235 e. The van der Waals surface area contributed by atoms with Gasteiger partial charge in [-0.3, -0.25) is 0 Å². The van der Waals surface area contributed by atoms with Crippen molar-refractivity contribution >= 4 is 23.2 Å². The van der Waals surface area contributed by atoms with Gasteiger partial charge in [-0.05, 0) is 11.5 Å². The van der Waals surface area contributed by atoms with Gasteiger partial charge in [-0.1, -0.05) is 37.0 Å². The summed E-state index contributed by atoms with van der Waals surface area (Å²) in [6.45, 7) is 5.16. The lowest BCUT2D eigenvalue weighted by atomic mass is 10.0. The number of hydrogen-bond acceptors (Lipinski definition) is 2. The van der Waals surface area contributed by atoms with E-state index < -0.39 is 6.36 Å². The molecular weight excluding hydrogens is 266 g/mol. The summed E-state index contributed by atoms with van der Waals surface area (Å²) < 4.78 is 23.0. The highest BCUT2D eigenvalue weighted by Crippen LogP contribution is 2.44. The summed E-state index contributed by atoms with van der Waals surface area (Å²) in [5, 5.41) is 0.765. The second kappa shape index (κ2) is 5.78. The molecule has 0 aliphatic rings. The van der Waals surface area contributed by atoms with Crippen molar-refractivity contribution in [2.75, 3.05) is 7.11 Å². The molecule has 1 aromatic rings. The molecule has 0 amide bonds. The Morgan fingerprint density at radius 1 is 1.12 bits per heavy atom. The van der Waals surface area contributed by atoms with Gasteiger partial charge in [0.25, 0.3) is 0 Å². The average Bonchev–Trinajstić information content (AvgIpc) is 2.21. The first kappa shape index (κ1) is 14.4. The van der Waals surface area contributed by atoms with Crippen molar-refractivity contribution in [2.24, 2.45) is 0 Å². The summed E-state index contributed by atoms with van der Waals surface area (Å²) in [4.78, 5) is 0. The SMILES string of the molecule is COc1cc(OC(C)F)c(Cl)c(C(C)C)c1Cl. The zero-order chi connectivity index (χ0) is 13.2. The average molecular weight is 281 g/mol. The maximum absolute atomic E-state index is 12.9. The second-order valence-corrected chi connectivity index (χ2v) is 4.69. The number of ether oxygens (including phenoxy) is 2. The fraction of sp³-hybridized carbons (Fsp3) is 0.500. The Bertz CT molecular complexity index is 406. The van der Waals surface area contributed by atoms with E-state index in [-0.39, 0.29) is 11.7 Å². The summed E-state index contributed by atoms with van der Waals surface area (Å²) in [6, 6.07) is 1.49. The number of alkyl halides is 1. The standard InChI is InChI=1S/C12H15Cl2FO2/c1-6(2)10-11(13)8(16-4)5-9(12(10)14)17-7(3)15/h5-7H,1-4H3. The first-order valence-electron chi connectivity index (χ1n) is 5.25. The van der Waals surface area contributed by atoms with Gasteiger partial charge in [-0.15, -0.1) is 0 Å². The molecule has 0 aliphatic heterocycles. The summed E-state index contributed by atoms with van der Waals surface area (Å²) in [5.74, 6) is 0.754. The molecule has 0 saturated heterocycles. The largest absolute Gasteiger partial charge is 0.495 e. The van der Waals surface area contributed by atoms with Crippen LogP contribution in [0, 0.1) is 0 Å². The van der Waals surface area contributed by atoms with Crippen LogP contribution in [-0.4, -0.2) is 13.5 Å². The molecule has 0 aromatic heterocycles. The molecule has 2 nitrogen and oxygen atoms in total. The third-order valence-electron chi connectivity index (χ3n) is 2.25. The van der Waals surface area contributed by atoms with Crippen LogP contribution in [0.1, 0.15) is 32.3 Å². The Morgan fingerprint density at radius 2 is 1.65 bits per heavy atom. The number of rotatable bonds is 4. The van der Waals surface area contributed by atoms with Crippen molar-refractivity contribution < 1.29 is 13.9 Å². The molecule has 0 saturated carbocycles. The van der Waals surface area contributed by atoms with Gasteiger partial charge in [0.15, 0.2) is 0 Å². The number of hydrogen-bond donors (Lipinski definition) is 0. The summed E-state index contributed by atoms with van der Waals surface area (Å²) in [7, 11) is 1.49. The Labute approximate surface area is 111 Å². The summed E-state index contributed by atoms with van der Waals surface area (Å²) in [6.07, 6.45) is -1.45. The Hall–Kier alpha value is -0.670. The van der Waals surface area contributed by atoms with Crippen LogP contribution >= 0.6 is 23.2 Å². The molecule has 0 aliphatic carbocycles. The minimum atomic E-state index is -1.45. The topological polar surface area (TPSA) is 18.5 Å². The third kappa shape index (κ3) is 3.17. The molecule has 0 spiro atoms. The minimum absolute atomic E-state index is 0.0855. The highest BCUT2D eigenvalue weighted by Gasteiger charge is 2.20. The van der Waals surface area contributed by atoms with Crippen LogP contribution in [-0.2, 0) is 0 Å². The molecule has 0 fully saturated rings. The van der Waals surface area contributed by atoms with Gasteiger partial charge in [-0.25, -0.2) is 4.39 Å². The Morgan fingerprint density at radius 3 is 2.06 bits per heavy atom. The monoisotopic (exact) mass is 280 g/mol. The van der Waals surface area contributed by atoms with Crippen LogP contribution in [0.2, 0.25) is 10.0 Å². The Kier molecular flexibility index (Phi) is 4.90. The maximum Gasteiger partial charge on any atom is 0.235 e. The molecule has 1 rings (SSSR count). The highest BCUT2D eigenvalue weighted by atomic mass is 35.5. The van der Waals surface area contributed by atoms with E-state index in [0.29, 0.717) is 21.4 Å². The number of benzene rings is 1. The van der Waals surface area contributed by atoms with Crippen molar-refractivity contribution in [3.63, 3.8) is 0 Å². The zero-order valence-electron chi connectivity index (χ0n) is 10.2. The molecule has 0 radical (unpaired) electrons. The van der Waals surface area contributed by atoms with E-state index in [1.807, 2.05) is 13.8 Å². The highest BCUT2D eigenvalue weighted by molar-refractivity contribution is 6.38. The van der Waals surface area contributed by atoms with Crippen molar-refractivity contribution in [2.45, 2.75) is 33.0 Å². The van der Waals surface area contributed by atoms with Gasteiger partial charge in [-0.2, -0.15) is 0 Å². The van der Waals surface area contributed by atoms with Crippen molar-refractivity contribution in [1.82, 2.24) is 0 Å². The van der Waals surface area contributed by atoms with E-state index in [9.17, 15) is 4.39 Å². The molecule has 0 heterocycles. The molecule has 17 heavy (non-hydrogen) atoms. The van der Waals surface area contributed by atoms with Crippen LogP contribution in [0.5, 0.6) is 11.5 Å². The molecule has 1 aromatic carbocycles. The fourth-order valence-corrected chi connectivity index (χ4v) is 2.43. The van der Waals surface area contributed by atoms with Gasteiger partial charge >= 0.3 is 0 Å². The lowest BCUT2D eigenvalue weighted by Crippen LogP contribution is -2.06. The maximum atomic E-state index is 12.9. The molecule has 0 N–H and O–H groups in total. The van der Waals surface area contributed by atoms with Crippen molar-refractivity contribution in [3.8, 4) is 11.5 Å². The van der Waals surface area contributed by atoms with Crippen LogP contribution in [0.3, 0.4) is 0 Å². The normalized spacial score (nSPS) is 12.7. The summed E-state index contributed by atoms with van der Waals surface area (Å²) >= 11 is 12.3. The molecular formula is C12H15Cl2FO2. The molecule has 1 unspecified atom stereocenters. The molecule has 0 bridgehead atoms. The van der Waals surface area contributed by atoms with E-state index in [4.69, 9.17) is 32.7 Å². The number of halogens is 3. The van der Waals surface area contributed by atoms with Gasteiger partial charge in [0.2, 0.25) is 6.36 Å². The minimum Gasteiger partial charge on any atom is -0.495 e. The van der Waals surface area contributed by atoms with Gasteiger partial charge in [0, 0.05) is 13.0 Å². The first-order valence-corrected chi connectivity index (χ1v) is 6.00. The molecule has 1 atom stereocenters. The van der Waals surface area contributed by atoms with Crippen molar-refractivity contribution in [3.05, 3.63) is 21.7 Å². The van der Waals surface area contributed by atoms with E-state index in [1.54, 1.807) is 0 Å². The third-order valence-corrected chi connectivity index (χ3v) is 3.03. The van der Waals surface area contributed by atoms with Crippen molar-refractivity contribution in [1.29, 1.82) is 0 Å². The zero-order valence-corrected chi connectivity index (χ0v) is 11.7. The quantitative estimate of drug-likeness (QED) is 0.787. The predicted molar refractivity (Wildman–Crippen MR) is 68.3 cm³/mol. The van der Waals surface area contributed by atoms with Crippen LogP contribution in [0.4, 0.5) is 4.39 Å². The van der Waals surface area contributed by atoms with E-state index in [1.165, 1.54) is 20.1 Å². The lowest BCUT2D eigenvalue weighted by Gasteiger charge is -2.18. The van der Waals surface area contributed by atoms with Gasteiger partial charge in [0.05, 0.1) is 17.2 Å². The first-order chi connectivity index (χ1) is 7.88. The number of methoxy groups -OCH3 is 1. The van der Waals surface area contributed by atoms with E-state index in [2.05, 4.69) is 0 Å². The second-order valence-electron chi connectivity index (χ2n) is 3.93. The van der Waals surface area contributed by atoms with Crippen LogP contribution < -0.4 is 9.47 Å². The summed E-state index contributed by atoms with van der Waals surface area (Å²) in [5.41, 5.74) is 0.698. The Balaban J connectivity index is 3.37. The fourth-order valence-electron chi connectivity index (χ4n) is 1.52. The van der Waals surface area contributed by atoms with Crippen LogP contribution in [0.25, 0.3) is 0 Å².